The highest BCUT2D eigenvalue weighted by molar-refractivity contribution is 5.73. The predicted molar refractivity (Wildman–Crippen MR) is 119 cm³/mol. The van der Waals surface area contributed by atoms with Gasteiger partial charge in [-0.2, -0.15) is 13.2 Å². The maximum Gasteiger partial charge on any atom is 0.416 e. The molecular formula is C24H27F3N4O. The van der Waals surface area contributed by atoms with Crippen molar-refractivity contribution in [2.45, 2.75) is 25.4 Å². The fourth-order valence-electron chi connectivity index (χ4n) is 3.90. The SMILES string of the molecule is FC(F)(F)c1ccc(OCCCN2CCN(c3cc(C4=CCCC=C4)ncn3)CC2)cc1. The van der Waals surface area contributed by atoms with Gasteiger partial charge >= 0.3 is 6.18 Å². The third-order valence-electron chi connectivity index (χ3n) is 5.71. The molecule has 1 aromatic carbocycles. The minimum absolute atomic E-state index is 0.463. The first-order chi connectivity index (χ1) is 15.5. The van der Waals surface area contributed by atoms with Gasteiger partial charge in [0.2, 0.25) is 0 Å². The summed E-state index contributed by atoms with van der Waals surface area (Å²) in [5.74, 6) is 1.42. The van der Waals surface area contributed by atoms with E-state index in [2.05, 4.69) is 44.1 Å². The lowest BCUT2D eigenvalue weighted by atomic mass is 10.0. The Kier molecular flexibility index (Phi) is 7.09. The number of anilines is 1. The average Bonchev–Trinajstić information content (AvgIpc) is 2.83. The number of rotatable bonds is 7. The van der Waals surface area contributed by atoms with Crippen molar-refractivity contribution >= 4 is 11.4 Å². The normalized spacial score (nSPS) is 17.3. The molecule has 8 heteroatoms. The second-order valence-electron chi connectivity index (χ2n) is 7.95. The van der Waals surface area contributed by atoms with E-state index in [1.165, 1.54) is 12.1 Å². The molecule has 32 heavy (non-hydrogen) atoms. The highest BCUT2D eigenvalue weighted by Crippen LogP contribution is 2.30. The number of halogens is 3. The molecule has 0 unspecified atom stereocenters. The van der Waals surface area contributed by atoms with Crippen LogP contribution in [0.4, 0.5) is 19.0 Å². The van der Waals surface area contributed by atoms with Crippen LogP contribution in [0.1, 0.15) is 30.5 Å². The van der Waals surface area contributed by atoms with Crippen molar-refractivity contribution in [3.63, 3.8) is 0 Å². The minimum Gasteiger partial charge on any atom is -0.494 e. The van der Waals surface area contributed by atoms with E-state index >= 15 is 0 Å². The lowest BCUT2D eigenvalue weighted by molar-refractivity contribution is -0.137. The first-order valence-corrected chi connectivity index (χ1v) is 11.0. The molecule has 0 N–H and O–H groups in total. The van der Waals surface area contributed by atoms with Crippen molar-refractivity contribution in [2.24, 2.45) is 0 Å². The molecule has 1 saturated heterocycles. The molecule has 0 bridgehead atoms. The molecule has 0 spiro atoms. The van der Waals surface area contributed by atoms with E-state index in [-0.39, 0.29) is 0 Å². The van der Waals surface area contributed by atoms with Gasteiger partial charge in [0, 0.05) is 38.8 Å². The van der Waals surface area contributed by atoms with Crippen molar-refractivity contribution < 1.29 is 17.9 Å². The Morgan fingerprint density at radius 2 is 1.75 bits per heavy atom. The third-order valence-corrected chi connectivity index (χ3v) is 5.71. The van der Waals surface area contributed by atoms with Crippen molar-refractivity contribution in [3.05, 3.63) is 66.1 Å². The van der Waals surface area contributed by atoms with Gasteiger partial charge in [0.05, 0.1) is 17.9 Å². The van der Waals surface area contributed by atoms with Crippen molar-refractivity contribution in [3.8, 4) is 5.75 Å². The first kappa shape index (κ1) is 22.3. The Labute approximate surface area is 186 Å². The molecule has 1 aromatic heterocycles. The summed E-state index contributed by atoms with van der Waals surface area (Å²) in [6, 6.07) is 6.91. The van der Waals surface area contributed by atoms with E-state index in [1.807, 2.05) is 0 Å². The van der Waals surface area contributed by atoms with Gasteiger partial charge in [-0.05, 0) is 49.1 Å². The van der Waals surface area contributed by atoms with E-state index in [1.54, 1.807) is 6.33 Å². The highest BCUT2D eigenvalue weighted by Gasteiger charge is 2.30. The second kappa shape index (κ2) is 10.2. The van der Waals surface area contributed by atoms with Crippen LogP contribution < -0.4 is 9.64 Å². The highest BCUT2D eigenvalue weighted by atomic mass is 19.4. The number of ether oxygens (including phenoxy) is 1. The van der Waals surface area contributed by atoms with Crippen LogP contribution in [-0.2, 0) is 6.18 Å². The second-order valence-corrected chi connectivity index (χ2v) is 7.95. The zero-order chi connectivity index (χ0) is 22.4. The van der Waals surface area contributed by atoms with Gasteiger partial charge < -0.3 is 9.64 Å². The van der Waals surface area contributed by atoms with Gasteiger partial charge in [0.25, 0.3) is 0 Å². The van der Waals surface area contributed by atoms with Crippen LogP contribution in [0, 0.1) is 0 Å². The van der Waals surface area contributed by atoms with Crippen molar-refractivity contribution in [1.82, 2.24) is 14.9 Å². The summed E-state index contributed by atoms with van der Waals surface area (Å²) in [6.07, 6.45) is 6.79. The molecular weight excluding hydrogens is 417 g/mol. The number of nitrogens with zero attached hydrogens (tertiary/aromatic N) is 4. The molecule has 0 amide bonds. The molecule has 0 radical (unpaired) electrons. The smallest absolute Gasteiger partial charge is 0.416 e. The number of alkyl halides is 3. The Morgan fingerprint density at radius 3 is 2.44 bits per heavy atom. The quantitative estimate of drug-likeness (QED) is 0.573. The number of aromatic nitrogens is 2. The Balaban J connectivity index is 1.19. The van der Waals surface area contributed by atoms with Gasteiger partial charge in [-0.1, -0.05) is 18.2 Å². The topological polar surface area (TPSA) is 41.5 Å². The largest absolute Gasteiger partial charge is 0.494 e. The van der Waals surface area contributed by atoms with Gasteiger partial charge in [-0.15, -0.1) is 0 Å². The zero-order valence-electron chi connectivity index (χ0n) is 17.9. The predicted octanol–water partition coefficient (Wildman–Crippen LogP) is 4.82. The average molecular weight is 445 g/mol. The molecule has 1 aliphatic heterocycles. The van der Waals surface area contributed by atoms with Crippen molar-refractivity contribution in [1.29, 1.82) is 0 Å². The van der Waals surface area contributed by atoms with E-state index in [9.17, 15) is 13.2 Å². The Bertz CT molecular complexity index is 948. The standard InChI is InChI=1S/C24H27F3N4O/c25-24(26,27)20-7-9-21(10-8-20)32-16-4-11-30-12-14-31(15-13-30)23-17-22(28-18-29-23)19-5-2-1-3-6-19/h2,5-10,17-18H,1,3-4,11-16H2. The van der Waals surface area contributed by atoms with E-state index in [4.69, 9.17) is 4.74 Å². The maximum atomic E-state index is 12.6. The van der Waals surface area contributed by atoms with Crippen LogP contribution in [0.5, 0.6) is 5.75 Å². The van der Waals surface area contributed by atoms with E-state index < -0.39 is 11.7 Å². The number of piperazine rings is 1. The number of allylic oxidation sites excluding steroid dienone is 4. The molecule has 0 atom stereocenters. The minimum atomic E-state index is -4.32. The van der Waals surface area contributed by atoms with E-state index in [0.29, 0.717) is 12.4 Å². The van der Waals surface area contributed by atoms with Crippen LogP contribution in [0.25, 0.3) is 5.57 Å². The monoisotopic (exact) mass is 444 g/mol. The number of benzene rings is 1. The van der Waals surface area contributed by atoms with Crippen LogP contribution in [0.3, 0.4) is 0 Å². The summed E-state index contributed by atoms with van der Waals surface area (Å²) < 4.78 is 43.4. The van der Waals surface area contributed by atoms with Crippen molar-refractivity contribution in [2.75, 3.05) is 44.2 Å². The summed E-state index contributed by atoms with van der Waals surface area (Å²) in [4.78, 5) is 13.6. The molecule has 2 aromatic rings. The zero-order valence-corrected chi connectivity index (χ0v) is 17.9. The summed E-state index contributed by atoms with van der Waals surface area (Å²) in [7, 11) is 0. The van der Waals surface area contributed by atoms with Crippen LogP contribution in [0.2, 0.25) is 0 Å². The van der Waals surface area contributed by atoms with Crippen LogP contribution >= 0.6 is 0 Å². The summed E-state index contributed by atoms with van der Waals surface area (Å²) in [6.45, 7) is 5.02. The Morgan fingerprint density at radius 1 is 0.969 bits per heavy atom. The maximum absolute atomic E-state index is 12.6. The molecule has 2 aliphatic rings. The molecule has 4 rings (SSSR count). The van der Waals surface area contributed by atoms with Crippen LogP contribution in [-0.4, -0.2) is 54.2 Å². The fraction of sp³-hybridized carbons (Fsp3) is 0.417. The Hall–Kier alpha value is -2.87. The lowest BCUT2D eigenvalue weighted by Gasteiger charge is -2.35. The molecule has 5 nitrogen and oxygen atoms in total. The van der Waals surface area contributed by atoms with Gasteiger partial charge in [0.15, 0.2) is 0 Å². The summed E-state index contributed by atoms with van der Waals surface area (Å²) in [5.41, 5.74) is 1.46. The lowest BCUT2D eigenvalue weighted by Crippen LogP contribution is -2.47. The first-order valence-electron chi connectivity index (χ1n) is 11.0. The molecule has 1 aliphatic carbocycles. The number of hydrogen-bond acceptors (Lipinski definition) is 5. The summed E-state index contributed by atoms with van der Waals surface area (Å²) >= 11 is 0. The number of hydrogen-bond donors (Lipinski definition) is 0. The molecule has 1 fully saturated rings. The third kappa shape index (κ3) is 5.88. The molecule has 2 heterocycles. The van der Waals surface area contributed by atoms with Gasteiger partial charge in [-0.3, -0.25) is 4.90 Å². The molecule has 170 valence electrons. The molecule has 0 saturated carbocycles. The summed E-state index contributed by atoms with van der Waals surface area (Å²) in [5, 5.41) is 0. The van der Waals surface area contributed by atoms with Gasteiger partial charge in [0.1, 0.15) is 17.9 Å². The van der Waals surface area contributed by atoms with E-state index in [0.717, 1.165) is 81.2 Å². The van der Waals surface area contributed by atoms with Crippen LogP contribution in [0.15, 0.2) is 54.9 Å². The fourth-order valence-corrected chi connectivity index (χ4v) is 3.90. The van der Waals surface area contributed by atoms with Gasteiger partial charge in [-0.25, -0.2) is 9.97 Å².